The molecule has 1 aliphatic heterocycles. The van der Waals surface area contributed by atoms with Crippen LogP contribution in [-0.2, 0) is 14.4 Å². The quantitative estimate of drug-likeness (QED) is 0.637. The van der Waals surface area contributed by atoms with E-state index in [4.69, 9.17) is 5.11 Å². The van der Waals surface area contributed by atoms with Crippen LogP contribution in [-0.4, -0.2) is 64.4 Å². The molecule has 4 amide bonds. The Labute approximate surface area is 109 Å². The zero-order valence-corrected chi connectivity index (χ0v) is 10.5. The molecule has 8 heteroatoms. The molecule has 0 aromatic rings. The van der Waals surface area contributed by atoms with E-state index in [0.717, 1.165) is 17.7 Å². The molecule has 1 saturated carbocycles. The van der Waals surface area contributed by atoms with Crippen molar-refractivity contribution in [3.63, 3.8) is 0 Å². The number of amides is 4. The highest BCUT2D eigenvalue weighted by Gasteiger charge is 2.40. The van der Waals surface area contributed by atoms with Crippen molar-refractivity contribution in [2.45, 2.75) is 31.3 Å². The smallest absolute Gasteiger partial charge is 0.323 e. The van der Waals surface area contributed by atoms with Crippen LogP contribution in [0.4, 0.5) is 4.79 Å². The second-order valence-corrected chi connectivity index (χ2v) is 4.75. The fourth-order valence-corrected chi connectivity index (χ4v) is 2.00. The molecule has 1 saturated heterocycles. The zero-order chi connectivity index (χ0) is 14.2. The summed E-state index contributed by atoms with van der Waals surface area (Å²) in [7, 11) is 1.35. The Hall–Kier alpha value is -2.12. The number of nitrogens with zero attached hydrogens (tertiary/aromatic N) is 2. The van der Waals surface area contributed by atoms with Crippen molar-refractivity contribution in [1.82, 2.24) is 15.1 Å². The monoisotopic (exact) mass is 269 g/mol. The summed E-state index contributed by atoms with van der Waals surface area (Å²) in [5, 5.41) is 11.2. The molecule has 1 atom stereocenters. The van der Waals surface area contributed by atoms with Gasteiger partial charge in [0.1, 0.15) is 12.6 Å². The van der Waals surface area contributed by atoms with Crippen molar-refractivity contribution in [3.8, 4) is 0 Å². The third-order valence-electron chi connectivity index (χ3n) is 3.23. The zero-order valence-electron chi connectivity index (χ0n) is 10.5. The maximum absolute atomic E-state index is 11.9. The van der Waals surface area contributed by atoms with E-state index in [2.05, 4.69) is 5.32 Å². The van der Waals surface area contributed by atoms with Gasteiger partial charge in [-0.25, -0.2) is 4.79 Å². The molecule has 0 aromatic heterocycles. The van der Waals surface area contributed by atoms with Gasteiger partial charge in [0, 0.05) is 13.1 Å². The number of carbonyl (C=O) groups is 4. The standard InChI is InChI=1S/C11H15N3O5/c1-13-8(15)4-7(10(13)18)12-11(19)14(5-9(16)17)6-2-3-6/h6-7H,2-5H2,1H3,(H,12,19)(H,16,17). The van der Waals surface area contributed by atoms with E-state index in [-0.39, 0.29) is 18.4 Å². The highest BCUT2D eigenvalue weighted by Crippen LogP contribution is 2.26. The highest BCUT2D eigenvalue weighted by atomic mass is 16.4. The van der Waals surface area contributed by atoms with Crippen molar-refractivity contribution in [2.75, 3.05) is 13.6 Å². The van der Waals surface area contributed by atoms with Crippen LogP contribution in [0.5, 0.6) is 0 Å². The predicted octanol–water partition coefficient (Wildman–Crippen LogP) is -0.998. The molecule has 0 aromatic carbocycles. The van der Waals surface area contributed by atoms with Crippen LogP contribution in [0.1, 0.15) is 19.3 Å². The molecule has 2 rings (SSSR count). The van der Waals surface area contributed by atoms with Gasteiger partial charge >= 0.3 is 12.0 Å². The molecule has 1 heterocycles. The van der Waals surface area contributed by atoms with E-state index in [1.54, 1.807) is 0 Å². The number of aliphatic carboxylic acids is 1. The summed E-state index contributed by atoms with van der Waals surface area (Å²) in [5.74, 6) is -1.93. The number of rotatable bonds is 4. The maximum Gasteiger partial charge on any atom is 0.323 e. The lowest BCUT2D eigenvalue weighted by Gasteiger charge is -2.22. The largest absolute Gasteiger partial charge is 0.480 e. The minimum atomic E-state index is -1.10. The number of carboxylic acids is 1. The lowest BCUT2D eigenvalue weighted by molar-refractivity contribution is -0.138. The summed E-state index contributed by atoms with van der Waals surface area (Å²) in [6.45, 7) is -0.402. The number of hydrogen-bond donors (Lipinski definition) is 2. The number of carbonyl (C=O) groups excluding carboxylic acids is 3. The average molecular weight is 269 g/mol. The van der Waals surface area contributed by atoms with Gasteiger partial charge in [-0.1, -0.05) is 0 Å². The topological polar surface area (TPSA) is 107 Å². The molecule has 1 aliphatic carbocycles. The molecule has 104 valence electrons. The van der Waals surface area contributed by atoms with E-state index in [9.17, 15) is 19.2 Å². The van der Waals surface area contributed by atoms with E-state index in [1.165, 1.54) is 11.9 Å². The molecular formula is C11H15N3O5. The number of likely N-dealkylation sites (tertiary alicyclic amines) is 1. The Morgan fingerprint density at radius 2 is 2.05 bits per heavy atom. The van der Waals surface area contributed by atoms with Crippen molar-refractivity contribution in [3.05, 3.63) is 0 Å². The first-order valence-electron chi connectivity index (χ1n) is 5.99. The average Bonchev–Trinajstić information content (AvgIpc) is 3.13. The van der Waals surface area contributed by atoms with Crippen LogP contribution in [0.15, 0.2) is 0 Å². The van der Waals surface area contributed by atoms with Gasteiger partial charge in [0.05, 0.1) is 6.42 Å². The molecule has 19 heavy (non-hydrogen) atoms. The van der Waals surface area contributed by atoms with Gasteiger partial charge in [-0.15, -0.1) is 0 Å². The van der Waals surface area contributed by atoms with E-state index in [1.807, 2.05) is 0 Å². The van der Waals surface area contributed by atoms with E-state index < -0.39 is 30.5 Å². The summed E-state index contributed by atoms with van der Waals surface area (Å²) in [4.78, 5) is 47.8. The number of imide groups is 1. The number of carboxylic acid groups (broad SMARTS) is 1. The third kappa shape index (κ3) is 2.83. The highest BCUT2D eigenvalue weighted by molar-refractivity contribution is 6.06. The summed E-state index contributed by atoms with van der Waals surface area (Å²) in [6.07, 6.45) is 1.45. The second kappa shape index (κ2) is 4.87. The Balaban J connectivity index is 1.97. The fourth-order valence-electron chi connectivity index (χ4n) is 2.00. The summed E-state index contributed by atoms with van der Waals surface area (Å²) in [5.41, 5.74) is 0. The SMILES string of the molecule is CN1C(=O)CC(NC(=O)N(CC(=O)O)C2CC2)C1=O. The van der Waals surface area contributed by atoms with Gasteiger partial charge in [0.2, 0.25) is 5.91 Å². The Kier molecular flexibility index (Phi) is 3.41. The number of urea groups is 1. The van der Waals surface area contributed by atoms with E-state index >= 15 is 0 Å². The Morgan fingerprint density at radius 1 is 1.42 bits per heavy atom. The first kappa shape index (κ1) is 13.3. The molecular weight excluding hydrogens is 254 g/mol. The molecule has 2 aliphatic rings. The van der Waals surface area contributed by atoms with Gasteiger partial charge in [0.25, 0.3) is 5.91 Å². The first-order chi connectivity index (χ1) is 8.90. The van der Waals surface area contributed by atoms with Gasteiger partial charge in [-0.2, -0.15) is 0 Å². The summed E-state index contributed by atoms with van der Waals surface area (Å²) < 4.78 is 0. The lowest BCUT2D eigenvalue weighted by atomic mass is 10.2. The molecule has 2 fully saturated rings. The van der Waals surface area contributed by atoms with Crippen LogP contribution >= 0.6 is 0 Å². The van der Waals surface area contributed by atoms with Crippen molar-refractivity contribution < 1.29 is 24.3 Å². The third-order valence-corrected chi connectivity index (χ3v) is 3.23. The Bertz CT molecular complexity index is 446. The summed E-state index contributed by atoms with van der Waals surface area (Å²) >= 11 is 0. The molecule has 8 nitrogen and oxygen atoms in total. The minimum Gasteiger partial charge on any atom is -0.480 e. The lowest BCUT2D eigenvalue weighted by Crippen LogP contribution is -2.49. The van der Waals surface area contributed by atoms with E-state index in [0.29, 0.717) is 0 Å². The fraction of sp³-hybridized carbons (Fsp3) is 0.636. The number of likely N-dealkylation sites (N-methyl/N-ethyl adjacent to an activating group) is 1. The molecule has 0 bridgehead atoms. The van der Waals surface area contributed by atoms with Crippen LogP contribution in [0.25, 0.3) is 0 Å². The molecule has 1 unspecified atom stereocenters. The van der Waals surface area contributed by atoms with Crippen LogP contribution in [0, 0.1) is 0 Å². The van der Waals surface area contributed by atoms with Crippen molar-refractivity contribution >= 4 is 23.8 Å². The van der Waals surface area contributed by atoms with Crippen molar-refractivity contribution in [1.29, 1.82) is 0 Å². The molecule has 0 spiro atoms. The Morgan fingerprint density at radius 3 is 2.47 bits per heavy atom. The normalized spacial score (nSPS) is 22.6. The van der Waals surface area contributed by atoms with Crippen LogP contribution in [0.3, 0.4) is 0 Å². The first-order valence-corrected chi connectivity index (χ1v) is 5.99. The van der Waals surface area contributed by atoms with Gasteiger partial charge < -0.3 is 15.3 Å². The molecule has 0 radical (unpaired) electrons. The van der Waals surface area contributed by atoms with Crippen molar-refractivity contribution in [2.24, 2.45) is 0 Å². The summed E-state index contributed by atoms with van der Waals surface area (Å²) in [6, 6.07) is -1.58. The maximum atomic E-state index is 11.9. The number of nitrogens with one attached hydrogen (secondary N) is 1. The van der Waals surface area contributed by atoms with Gasteiger partial charge in [-0.3, -0.25) is 19.3 Å². The predicted molar refractivity (Wildman–Crippen MR) is 62.1 cm³/mol. The van der Waals surface area contributed by atoms with Gasteiger partial charge in [-0.05, 0) is 12.8 Å². The second-order valence-electron chi connectivity index (χ2n) is 4.75. The van der Waals surface area contributed by atoms with Crippen LogP contribution < -0.4 is 5.32 Å². The molecule has 2 N–H and O–H groups in total. The minimum absolute atomic E-state index is 0.0767. The van der Waals surface area contributed by atoms with Crippen LogP contribution in [0.2, 0.25) is 0 Å². The van der Waals surface area contributed by atoms with Gasteiger partial charge in [0.15, 0.2) is 0 Å². The number of hydrogen-bond acceptors (Lipinski definition) is 4.